The molecule has 0 aromatic carbocycles. The molecule has 0 atom stereocenters. The molecular weight excluding hydrogens is 199 g/mol. The summed E-state index contributed by atoms with van der Waals surface area (Å²) in [6.07, 6.45) is 1.86. The quantitative estimate of drug-likeness (QED) is 0.335. The van der Waals surface area contributed by atoms with E-state index >= 15 is 0 Å². The summed E-state index contributed by atoms with van der Waals surface area (Å²) in [5.74, 6) is -0.0269. The minimum absolute atomic E-state index is 0.109. The van der Waals surface area contributed by atoms with Crippen LogP contribution in [0.15, 0.2) is 23.5 Å². The lowest BCUT2D eigenvalue weighted by atomic mass is 10.3. The molecule has 0 spiro atoms. The number of aromatic nitrogens is 1. The van der Waals surface area contributed by atoms with E-state index in [-0.39, 0.29) is 17.5 Å². The monoisotopic (exact) mass is 212 g/mol. The summed E-state index contributed by atoms with van der Waals surface area (Å²) in [5.41, 5.74) is 5.30. The predicted molar refractivity (Wildman–Crippen MR) is 55.5 cm³/mol. The van der Waals surface area contributed by atoms with Gasteiger partial charge in [-0.15, -0.1) is 0 Å². The predicted octanol–water partition coefficient (Wildman–Crippen LogP) is 0.793. The van der Waals surface area contributed by atoms with Crippen LogP contribution in [-0.2, 0) is 0 Å². The van der Waals surface area contributed by atoms with Crippen LogP contribution in [0.3, 0.4) is 0 Å². The molecule has 0 fully saturated rings. The molecule has 0 aliphatic rings. The first-order valence-electron chi connectivity index (χ1n) is 4.43. The minimum atomic E-state index is -0.389. The summed E-state index contributed by atoms with van der Waals surface area (Å²) in [7, 11) is 1.69. The van der Waals surface area contributed by atoms with Gasteiger partial charge in [-0.25, -0.2) is 9.37 Å². The van der Waals surface area contributed by atoms with E-state index in [1.54, 1.807) is 11.9 Å². The molecule has 1 aromatic heterocycles. The molecule has 0 unspecified atom stereocenters. The summed E-state index contributed by atoms with van der Waals surface area (Å²) in [6, 6.07) is 2.86. The molecule has 0 amide bonds. The van der Waals surface area contributed by atoms with Crippen LogP contribution in [-0.4, -0.2) is 29.6 Å². The number of anilines is 1. The van der Waals surface area contributed by atoms with E-state index in [9.17, 15) is 4.39 Å². The topological polar surface area (TPSA) is 74.7 Å². The summed E-state index contributed by atoms with van der Waals surface area (Å²) in [5, 5.41) is 11.2. The maximum atomic E-state index is 13.2. The summed E-state index contributed by atoms with van der Waals surface area (Å²) in [4.78, 5) is 5.49. The van der Waals surface area contributed by atoms with E-state index in [0.717, 1.165) is 0 Å². The number of pyridine rings is 1. The van der Waals surface area contributed by atoms with Crippen molar-refractivity contribution >= 4 is 11.7 Å². The number of halogens is 1. The van der Waals surface area contributed by atoms with Crippen molar-refractivity contribution in [2.24, 2.45) is 10.9 Å². The molecule has 1 aromatic rings. The number of nitrogens with zero attached hydrogens (tertiary/aromatic N) is 3. The standard InChI is InChI=1S/C9H13FN4O/c1-14(6-4-8(11)13-15)9-7(10)3-2-5-12-9/h2-3,5,15H,4,6H2,1H3,(H2,11,13). The van der Waals surface area contributed by atoms with Crippen LogP contribution in [0, 0.1) is 5.82 Å². The van der Waals surface area contributed by atoms with Crippen molar-refractivity contribution in [3.05, 3.63) is 24.1 Å². The summed E-state index contributed by atoms with van der Waals surface area (Å²) in [6.45, 7) is 0.434. The van der Waals surface area contributed by atoms with Crippen molar-refractivity contribution in [2.45, 2.75) is 6.42 Å². The highest BCUT2D eigenvalue weighted by Crippen LogP contribution is 2.13. The smallest absolute Gasteiger partial charge is 0.165 e. The van der Waals surface area contributed by atoms with Gasteiger partial charge in [0.25, 0.3) is 0 Å². The SMILES string of the molecule is CN(CCC(N)=NO)c1ncccc1F. The Balaban J connectivity index is 2.61. The zero-order valence-electron chi connectivity index (χ0n) is 8.39. The minimum Gasteiger partial charge on any atom is -0.409 e. The number of oxime groups is 1. The molecule has 6 heteroatoms. The number of nitrogens with two attached hydrogens (primary N) is 1. The zero-order valence-corrected chi connectivity index (χ0v) is 8.39. The van der Waals surface area contributed by atoms with E-state index in [4.69, 9.17) is 10.9 Å². The third-order valence-electron chi connectivity index (χ3n) is 1.93. The van der Waals surface area contributed by atoms with Crippen LogP contribution < -0.4 is 10.6 Å². The Hall–Kier alpha value is -1.85. The van der Waals surface area contributed by atoms with Gasteiger partial charge in [-0.3, -0.25) is 0 Å². The van der Waals surface area contributed by atoms with Gasteiger partial charge in [0, 0.05) is 26.2 Å². The zero-order chi connectivity index (χ0) is 11.3. The number of rotatable bonds is 4. The average Bonchev–Trinajstić information content (AvgIpc) is 2.26. The highest BCUT2D eigenvalue weighted by molar-refractivity contribution is 5.80. The molecule has 1 rings (SSSR count). The molecule has 0 saturated heterocycles. The summed E-state index contributed by atoms with van der Waals surface area (Å²) < 4.78 is 13.2. The molecule has 0 bridgehead atoms. The first kappa shape index (κ1) is 11.2. The van der Waals surface area contributed by atoms with E-state index in [1.165, 1.54) is 18.3 Å². The van der Waals surface area contributed by atoms with E-state index in [0.29, 0.717) is 13.0 Å². The molecule has 15 heavy (non-hydrogen) atoms. The molecule has 3 N–H and O–H groups in total. The van der Waals surface area contributed by atoms with Crippen molar-refractivity contribution < 1.29 is 9.60 Å². The highest BCUT2D eigenvalue weighted by atomic mass is 19.1. The lowest BCUT2D eigenvalue weighted by molar-refractivity contribution is 0.317. The van der Waals surface area contributed by atoms with Gasteiger partial charge in [-0.1, -0.05) is 5.16 Å². The largest absolute Gasteiger partial charge is 0.409 e. The fraction of sp³-hybridized carbons (Fsp3) is 0.333. The van der Waals surface area contributed by atoms with Crippen molar-refractivity contribution in [1.29, 1.82) is 0 Å². The second-order valence-corrected chi connectivity index (χ2v) is 3.07. The number of amidine groups is 1. The first-order valence-corrected chi connectivity index (χ1v) is 4.43. The Kier molecular flexibility index (Phi) is 3.84. The Bertz CT molecular complexity index is 356. The van der Waals surface area contributed by atoms with Gasteiger partial charge in [0.1, 0.15) is 5.84 Å². The van der Waals surface area contributed by atoms with Gasteiger partial charge in [0.05, 0.1) is 0 Å². The fourth-order valence-corrected chi connectivity index (χ4v) is 1.10. The molecule has 0 saturated carbocycles. The van der Waals surface area contributed by atoms with Gasteiger partial charge in [0.2, 0.25) is 0 Å². The van der Waals surface area contributed by atoms with Crippen molar-refractivity contribution in [3.63, 3.8) is 0 Å². The van der Waals surface area contributed by atoms with Crippen LogP contribution in [0.1, 0.15) is 6.42 Å². The Morgan fingerprint density at radius 1 is 1.73 bits per heavy atom. The lowest BCUT2D eigenvalue weighted by Gasteiger charge is -2.17. The Labute approximate surface area is 87.0 Å². The number of hydrogen-bond acceptors (Lipinski definition) is 4. The van der Waals surface area contributed by atoms with E-state index in [2.05, 4.69) is 10.1 Å². The van der Waals surface area contributed by atoms with Gasteiger partial charge in [-0.2, -0.15) is 0 Å². The third kappa shape index (κ3) is 3.08. The second kappa shape index (κ2) is 5.14. The Morgan fingerprint density at radius 3 is 3.07 bits per heavy atom. The molecule has 5 nitrogen and oxygen atoms in total. The van der Waals surface area contributed by atoms with Gasteiger partial charge >= 0.3 is 0 Å². The molecule has 82 valence electrons. The van der Waals surface area contributed by atoms with Gasteiger partial charge in [-0.05, 0) is 12.1 Å². The van der Waals surface area contributed by atoms with Gasteiger partial charge < -0.3 is 15.8 Å². The van der Waals surface area contributed by atoms with Crippen LogP contribution in [0.2, 0.25) is 0 Å². The van der Waals surface area contributed by atoms with E-state index in [1.807, 2.05) is 0 Å². The third-order valence-corrected chi connectivity index (χ3v) is 1.93. The van der Waals surface area contributed by atoms with Gasteiger partial charge in [0.15, 0.2) is 11.6 Å². The summed E-state index contributed by atoms with van der Waals surface area (Å²) >= 11 is 0. The Morgan fingerprint density at radius 2 is 2.47 bits per heavy atom. The molecular formula is C9H13FN4O. The molecule has 1 heterocycles. The highest BCUT2D eigenvalue weighted by Gasteiger charge is 2.08. The van der Waals surface area contributed by atoms with Crippen molar-refractivity contribution in [1.82, 2.24) is 4.98 Å². The molecule has 0 aliphatic carbocycles. The van der Waals surface area contributed by atoms with Crippen molar-refractivity contribution in [3.8, 4) is 0 Å². The average molecular weight is 212 g/mol. The van der Waals surface area contributed by atoms with Crippen LogP contribution in [0.25, 0.3) is 0 Å². The van der Waals surface area contributed by atoms with Crippen LogP contribution in [0.4, 0.5) is 10.2 Å². The number of hydrogen-bond donors (Lipinski definition) is 2. The molecule has 0 radical (unpaired) electrons. The van der Waals surface area contributed by atoms with Crippen LogP contribution in [0.5, 0.6) is 0 Å². The maximum Gasteiger partial charge on any atom is 0.165 e. The van der Waals surface area contributed by atoms with E-state index < -0.39 is 0 Å². The first-order chi connectivity index (χ1) is 7.15. The second-order valence-electron chi connectivity index (χ2n) is 3.07. The normalized spacial score (nSPS) is 11.5. The maximum absolute atomic E-state index is 13.2. The lowest BCUT2D eigenvalue weighted by Crippen LogP contribution is -2.25. The van der Waals surface area contributed by atoms with Crippen molar-refractivity contribution in [2.75, 3.05) is 18.5 Å². The van der Waals surface area contributed by atoms with Crippen LogP contribution >= 0.6 is 0 Å². The molecule has 0 aliphatic heterocycles. The fourth-order valence-electron chi connectivity index (χ4n) is 1.10.